The molecule has 3 rings (SSSR count). The summed E-state index contributed by atoms with van der Waals surface area (Å²) >= 11 is 0. The van der Waals surface area contributed by atoms with Gasteiger partial charge in [-0.05, 0) is 61.8 Å². The highest BCUT2D eigenvalue weighted by molar-refractivity contribution is 5.71. The van der Waals surface area contributed by atoms with E-state index in [4.69, 9.17) is 4.74 Å². The Kier molecular flexibility index (Phi) is 5.09. The van der Waals surface area contributed by atoms with Gasteiger partial charge in [-0.15, -0.1) is 0 Å². The molecule has 0 atom stereocenters. The van der Waals surface area contributed by atoms with Crippen LogP contribution in [0, 0.1) is 0 Å². The molecule has 1 amide bonds. The molecule has 126 valence electrons. The summed E-state index contributed by atoms with van der Waals surface area (Å²) < 4.78 is 5.66. The number of rotatable bonds is 3. The summed E-state index contributed by atoms with van der Waals surface area (Å²) in [5.41, 5.74) is 2.58. The van der Waals surface area contributed by atoms with Gasteiger partial charge in [-0.2, -0.15) is 0 Å². The van der Waals surface area contributed by atoms with Crippen LogP contribution in [0.25, 0.3) is 0 Å². The molecule has 1 heterocycles. The number of carbonyl (C=O) groups excluding carboxylic acids is 1. The monoisotopic (exact) mass is 316 g/mol. The smallest absolute Gasteiger partial charge is 0.410 e. The van der Waals surface area contributed by atoms with Crippen LogP contribution < -0.4 is 9.64 Å². The van der Waals surface area contributed by atoms with Gasteiger partial charge in [-0.1, -0.05) is 12.8 Å². The highest BCUT2D eigenvalue weighted by Gasteiger charge is 2.23. The SMILES string of the molecule is CN(C)c1ccc(OC(=O)N2CCCCC2)cc1C1CCCC1. The first-order valence-corrected chi connectivity index (χ1v) is 8.93. The number of hydrogen-bond donors (Lipinski definition) is 0. The molecule has 0 N–H and O–H groups in total. The van der Waals surface area contributed by atoms with Gasteiger partial charge in [0, 0.05) is 32.9 Å². The topological polar surface area (TPSA) is 32.8 Å². The van der Waals surface area contributed by atoms with Crippen LogP contribution in [-0.4, -0.2) is 38.2 Å². The highest BCUT2D eigenvalue weighted by atomic mass is 16.6. The van der Waals surface area contributed by atoms with Crippen molar-refractivity contribution in [1.82, 2.24) is 4.90 Å². The maximum Gasteiger partial charge on any atom is 0.415 e. The molecule has 1 aromatic carbocycles. The van der Waals surface area contributed by atoms with Gasteiger partial charge in [0.15, 0.2) is 0 Å². The Morgan fingerprint density at radius 2 is 1.78 bits per heavy atom. The average molecular weight is 316 g/mol. The Morgan fingerprint density at radius 3 is 2.43 bits per heavy atom. The lowest BCUT2D eigenvalue weighted by Crippen LogP contribution is -2.37. The lowest BCUT2D eigenvalue weighted by molar-refractivity contribution is 0.142. The Morgan fingerprint density at radius 1 is 1.09 bits per heavy atom. The van der Waals surface area contributed by atoms with Crippen molar-refractivity contribution in [2.24, 2.45) is 0 Å². The van der Waals surface area contributed by atoms with E-state index in [9.17, 15) is 4.79 Å². The molecule has 0 unspecified atom stereocenters. The standard InChI is InChI=1S/C19H28N2O2/c1-20(2)18-11-10-16(14-17(18)15-8-4-5-9-15)23-19(22)21-12-6-3-7-13-21/h10-11,14-15H,3-9,12-13H2,1-2H3. The average Bonchev–Trinajstić information content (AvgIpc) is 3.09. The molecule has 23 heavy (non-hydrogen) atoms. The summed E-state index contributed by atoms with van der Waals surface area (Å²) in [4.78, 5) is 16.3. The molecule has 4 nitrogen and oxygen atoms in total. The zero-order valence-corrected chi connectivity index (χ0v) is 14.4. The van der Waals surface area contributed by atoms with Crippen molar-refractivity contribution in [3.05, 3.63) is 23.8 Å². The van der Waals surface area contributed by atoms with E-state index < -0.39 is 0 Å². The second-order valence-electron chi connectivity index (χ2n) is 7.01. The fourth-order valence-electron chi connectivity index (χ4n) is 3.81. The summed E-state index contributed by atoms with van der Waals surface area (Å²) in [6, 6.07) is 6.11. The van der Waals surface area contributed by atoms with E-state index in [0.29, 0.717) is 11.7 Å². The molecule has 1 aromatic rings. The molecule has 1 saturated carbocycles. The predicted octanol–water partition coefficient (Wildman–Crippen LogP) is 4.39. The maximum absolute atomic E-state index is 12.3. The first-order valence-electron chi connectivity index (χ1n) is 8.93. The third-order valence-corrected chi connectivity index (χ3v) is 5.10. The fourth-order valence-corrected chi connectivity index (χ4v) is 3.81. The lowest BCUT2D eigenvalue weighted by Gasteiger charge is -2.26. The summed E-state index contributed by atoms with van der Waals surface area (Å²) in [7, 11) is 4.15. The van der Waals surface area contributed by atoms with Crippen molar-refractivity contribution in [1.29, 1.82) is 0 Å². The predicted molar refractivity (Wildman–Crippen MR) is 93.4 cm³/mol. The molecule has 2 fully saturated rings. The number of ether oxygens (including phenoxy) is 1. The Labute approximate surface area is 139 Å². The third-order valence-electron chi connectivity index (χ3n) is 5.10. The summed E-state index contributed by atoms with van der Waals surface area (Å²) in [5.74, 6) is 1.29. The van der Waals surface area contributed by atoms with Crippen LogP contribution in [-0.2, 0) is 0 Å². The van der Waals surface area contributed by atoms with Gasteiger partial charge in [0.2, 0.25) is 0 Å². The van der Waals surface area contributed by atoms with Crippen LogP contribution in [0.4, 0.5) is 10.5 Å². The van der Waals surface area contributed by atoms with E-state index in [2.05, 4.69) is 31.1 Å². The lowest BCUT2D eigenvalue weighted by atomic mass is 9.95. The highest BCUT2D eigenvalue weighted by Crippen LogP contribution is 2.40. The van der Waals surface area contributed by atoms with Gasteiger partial charge < -0.3 is 14.5 Å². The molecule has 1 aliphatic heterocycles. The quantitative estimate of drug-likeness (QED) is 0.829. The van der Waals surface area contributed by atoms with Crippen molar-refractivity contribution in [3.8, 4) is 5.75 Å². The minimum absolute atomic E-state index is 0.195. The molecule has 2 aliphatic rings. The van der Waals surface area contributed by atoms with E-state index in [0.717, 1.165) is 25.9 Å². The normalized spacial score (nSPS) is 19.0. The van der Waals surface area contributed by atoms with Gasteiger partial charge in [0.05, 0.1) is 0 Å². The van der Waals surface area contributed by atoms with E-state index in [1.165, 1.54) is 43.4 Å². The molecule has 0 radical (unpaired) electrons. The minimum atomic E-state index is -0.195. The van der Waals surface area contributed by atoms with Crippen LogP contribution in [0.5, 0.6) is 5.75 Å². The summed E-state index contributed by atoms with van der Waals surface area (Å²) in [6.07, 6.45) is 8.27. The molecule has 0 aromatic heterocycles. The first kappa shape index (κ1) is 16.2. The fraction of sp³-hybridized carbons (Fsp3) is 0.632. The van der Waals surface area contributed by atoms with Crippen LogP contribution >= 0.6 is 0 Å². The van der Waals surface area contributed by atoms with Crippen molar-refractivity contribution in [3.63, 3.8) is 0 Å². The summed E-state index contributed by atoms with van der Waals surface area (Å²) in [6.45, 7) is 1.65. The second kappa shape index (κ2) is 7.24. The van der Waals surface area contributed by atoms with Crippen LogP contribution in [0.15, 0.2) is 18.2 Å². The molecule has 1 saturated heterocycles. The number of benzene rings is 1. The van der Waals surface area contributed by atoms with Gasteiger partial charge >= 0.3 is 6.09 Å². The number of carbonyl (C=O) groups is 1. The zero-order chi connectivity index (χ0) is 16.2. The van der Waals surface area contributed by atoms with Crippen LogP contribution in [0.3, 0.4) is 0 Å². The summed E-state index contributed by atoms with van der Waals surface area (Å²) in [5, 5.41) is 0. The molecule has 0 spiro atoms. The van der Waals surface area contributed by atoms with E-state index in [1.54, 1.807) is 0 Å². The molecule has 0 bridgehead atoms. The number of piperidine rings is 1. The largest absolute Gasteiger partial charge is 0.415 e. The van der Waals surface area contributed by atoms with Crippen molar-refractivity contribution >= 4 is 11.8 Å². The van der Waals surface area contributed by atoms with Gasteiger partial charge in [0.1, 0.15) is 5.75 Å². The maximum atomic E-state index is 12.3. The van der Waals surface area contributed by atoms with Crippen LogP contribution in [0.2, 0.25) is 0 Å². The Balaban J connectivity index is 1.76. The van der Waals surface area contributed by atoms with Gasteiger partial charge in [-0.25, -0.2) is 4.79 Å². The second-order valence-corrected chi connectivity index (χ2v) is 7.01. The molecular weight excluding hydrogens is 288 g/mol. The number of likely N-dealkylation sites (tertiary alicyclic amines) is 1. The van der Waals surface area contributed by atoms with Crippen molar-refractivity contribution in [2.75, 3.05) is 32.1 Å². The number of hydrogen-bond acceptors (Lipinski definition) is 3. The Hall–Kier alpha value is -1.71. The van der Waals surface area contributed by atoms with Crippen molar-refractivity contribution < 1.29 is 9.53 Å². The molecule has 4 heteroatoms. The number of anilines is 1. The molecular formula is C19H28N2O2. The van der Waals surface area contributed by atoms with Gasteiger partial charge in [-0.3, -0.25) is 0 Å². The zero-order valence-electron chi connectivity index (χ0n) is 14.4. The van der Waals surface area contributed by atoms with Crippen LogP contribution in [0.1, 0.15) is 56.4 Å². The van der Waals surface area contributed by atoms with Gasteiger partial charge in [0.25, 0.3) is 0 Å². The number of amides is 1. The first-order chi connectivity index (χ1) is 11.1. The van der Waals surface area contributed by atoms with E-state index in [1.807, 2.05) is 11.0 Å². The third kappa shape index (κ3) is 3.80. The number of nitrogens with zero attached hydrogens (tertiary/aromatic N) is 2. The Bertz CT molecular complexity index is 544. The van der Waals surface area contributed by atoms with E-state index >= 15 is 0 Å². The van der Waals surface area contributed by atoms with Crippen molar-refractivity contribution in [2.45, 2.75) is 50.9 Å². The minimum Gasteiger partial charge on any atom is -0.410 e. The van der Waals surface area contributed by atoms with E-state index in [-0.39, 0.29) is 6.09 Å². The molecule has 1 aliphatic carbocycles.